The average molecular weight is 462 g/mol. The van der Waals surface area contributed by atoms with Crippen molar-refractivity contribution in [2.75, 3.05) is 14.2 Å². The number of amides is 1. The van der Waals surface area contributed by atoms with Crippen LogP contribution in [0.4, 0.5) is 0 Å². The largest absolute Gasteiger partial charge is 0.497 e. The monoisotopic (exact) mass is 461 g/mol. The smallest absolute Gasteiger partial charge is 0.278 e. The summed E-state index contributed by atoms with van der Waals surface area (Å²) in [7, 11) is 3.13. The molecule has 0 bridgehead atoms. The van der Waals surface area contributed by atoms with Gasteiger partial charge in [0.2, 0.25) is 5.91 Å². The standard InChI is InChI=1S/C25H27N5O4/c1-15-23-22(16(2)29(28-23)19-9-7-6-8-10-19)25(32)30(27-15)17(3)24(31)26-14-18-11-12-20(33-4)13-21(18)34-5/h6-13,17H,14H2,1-5H3,(H,26,31)/t17-/m1/s1. The minimum absolute atomic E-state index is 0.233. The molecule has 0 fully saturated rings. The molecule has 34 heavy (non-hydrogen) atoms. The van der Waals surface area contributed by atoms with E-state index in [9.17, 15) is 9.59 Å². The SMILES string of the molecule is COc1ccc(CNC(=O)[C@@H](C)n2nc(C)c3nn(-c4ccccc4)c(C)c3c2=O)c(OC)c1. The number of ether oxygens (including phenoxy) is 2. The quantitative estimate of drug-likeness (QED) is 0.454. The predicted molar refractivity (Wildman–Crippen MR) is 129 cm³/mol. The molecule has 0 spiro atoms. The van der Waals surface area contributed by atoms with Gasteiger partial charge in [-0.3, -0.25) is 9.59 Å². The first kappa shape index (κ1) is 23.0. The molecule has 0 aliphatic rings. The lowest BCUT2D eigenvalue weighted by atomic mass is 10.2. The summed E-state index contributed by atoms with van der Waals surface area (Å²) in [4.78, 5) is 26.3. The van der Waals surface area contributed by atoms with Gasteiger partial charge in [0.25, 0.3) is 5.56 Å². The maximum absolute atomic E-state index is 13.4. The Bertz CT molecular complexity index is 1410. The molecule has 2 heterocycles. The van der Waals surface area contributed by atoms with Gasteiger partial charge in [0, 0.05) is 18.2 Å². The van der Waals surface area contributed by atoms with E-state index in [0.29, 0.717) is 33.8 Å². The van der Waals surface area contributed by atoms with Crippen LogP contribution in [-0.2, 0) is 11.3 Å². The minimum atomic E-state index is -0.820. The van der Waals surface area contributed by atoms with Gasteiger partial charge in [-0.05, 0) is 45.0 Å². The number of hydrogen-bond acceptors (Lipinski definition) is 6. The first-order chi connectivity index (χ1) is 16.3. The number of benzene rings is 2. The Labute approximate surface area is 196 Å². The van der Waals surface area contributed by atoms with Crippen LogP contribution >= 0.6 is 0 Å². The van der Waals surface area contributed by atoms with E-state index in [1.54, 1.807) is 44.9 Å². The van der Waals surface area contributed by atoms with Crippen molar-refractivity contribution in [3.63, 3.8) is 0 Å². The zero-order chi connectivity index (χ0) is 24.4. The van der Waals surface area contributed by atoms with E-state index in [0.717, 1.165) is 11.3 Å². The lowest BCUT2D eigenvalue weighted by molar-refractivity contribution is -0.124. The van der Waals surface area contributed by atoms with Crippen LogP contribution in [0.5, 0.6) is 11.5 Å². The highest BCUT2D eigenvalue weighted by atomic mass is 16.5. The fourth-order valence-corrected chi connectivity index (χ4v) is 3.90. The topological polar surface area (TPSA) is 100 Å². The molecule has 1 atom stereocenters. The summed E-state index contributed by atoms with van der Waals surface area (Å²) in [6.45, 7) is 5.51. The fraction of sp³-hybridized carbons (Fsp3) is 0.280. The van der Waals surface area contributed by atoms with Crippen LogP contribution in [0.15, 0.2) is 53.3 Å². The highest BCUT2D eigenvalue weighted by Gasteiger charge is 2.23. The van der Waals surface area contributed by atoms with E-state index >= 15 is 0 Å². The summed E-state index contributed by atoms with van der Waals surface area (Å²) >= 11 is 0. The Kier molecular flexibility index (Phi) is 6.36. The van der Waals surface area contributed by atoms with E-state index in [4.69, 9.17) is 9.47 Å². The lowest BCUT2D eigenvalue weighted by Crippen LogP contribution is -2.37. The summed E-state index contributed by atoms with van der Waals surface area (Å²) in [5.41, 5.74) is 3.07. The highest BCUT2D eigenvalue weighted by molar-refractivity contribution is 5.84. The van der Waals surface area contributed by atoms with Gasteiger partial charge in [0.15, 0.2) is 0 Å². The second-order valence-corrected chi connectivity index (χ2v) is 7.96. The van der Waals surface area contributed by atoms with E-state index in [1.165, 1.54) is 4.68 Å². The maximum atomic E-state index is 13.4. The van der Waals surface area contributed by atoms with Crippen molar-refractivity contribution < 1.29 is 14.3 Å². The molecule has 0 unspecified atom stereocenters. The van der Waals surface area contributed by atoms with Crippen molar-refractivity contribution in [1.29, 1.82) is 0 Å². The van der Waals surface area contributed by atoms with Crippen molar-refractivity contribution in [2.45, 2.75) is 33.4 Å². The molecule has 2 aromatic carbocycles. The second kappa shape index (κ2) is 9.38. The van der Waals surface area contributed by atoms with Crippen molar-refractivity contribution in [3.8, 4) is 17.2 Å². The molecular weight excluding hydrogens is 434 g/mol. The van der Waals surface area contributed by atoms with Crippen molar-refractivity contribution in [3.05, 3.63) is 75.8 Å². The number of aryl methyl sites for hydroxylation is 2. The van der Waals surface area contributed by atoms with Crippen molar-refractivity contribution in [2.24, 2.45) is 0 Å². The van der Waals surface area contributed by atoms with Crippen LogP contribution in [0.1, 0.15) is 29.9 Å². The third-order valence-corrected chi connectivity index (χ3v) is 5.83. The number of methoxy groups -OCH3 is 2. The number of fused-ring (bicyclic) bond motifs is 1. The predicted octanol–water partition coefficient (Wildman–Crippen LogP) is 3.09. The Morgan fingerprint density at radius 2 is 1.79 bits per heavy atom. The van der Waals surface area contributed by atoms with Crippen molar-refractivity contribution in [1.82, 2.24) is 24.9 Å². The Hall–Kier alpha value is -4.14. The van der Waals surface area contributed by atoms with Crippen LogP contribution in [0, 0.1) is 13.8 Å². The first-order valence-electron chi connectivity index (χ1n) is 10.9. The summed E-state index contributed by atoms with van der Waals surface area (Å²) in [5, 5.41) is 12.3. The molecule has 0 saturated heterocycles. The van der Waals surface area contributed by atoms with Crippen LogP contribution in [0.2, 0.25) is 0 Å². The van der Waals surface area contributed by atoms with E-state index < -0.39 is 6.04 Å². The zero-order valence-corrected chi connectivity index (χ0v) is 19.8. The van der Waals surface area contributed by atoms with Gasteiger partial charge in [-0.1, -0.05) is 18.2 Å². The lowest BCUT2D eigenvalue weighted by Gasteiger charge is -2.16. The van der Waals surface area contributed by atoms with Crippen LogP contribution < -0.4 is 20.3 Å². The molecule has 4 rings (SSSR count). The van der Waals surface area contributed by atoms with E-state index in [1.807, 2.05) is 43.3 Å². The van der Waals surface area contributed by atoms with Gasteiger partial charge in [0.05, 0.1) is 36.7 Å². The molecule has 9 nitrogen and oxygen atoms in total. The number of rotatable bonds is 7. The molecule has 0 aliphatic carbocycles. The second-order valence-electron chi connectivity index (χ2n) is 7.96. The van der Waals surface area contributed by atoms with Crippen molar-refractivity contribution >= 4 is 16.8 Å². The summed E-state index contributed by atoms with van der Waals surface area (Å²) in [6.07, 6.45) is 0. The number of carbonyl (C=O) groups is 1. The number of carbonyl (C=O) groups excluding carboxylic acids is 1. The Morgan fingerprint density at radius 3 is 2.47 bits per heavy atom. The first-order valence-corrected chi connectivity index (χ1v) is 10.9. The Balaban J connectivity index is 1.63. The van der Waals surface area contributed by atoms with E-state index in [-0.39, 0.29) is 18.0 Å². The zero-order valence-electron chi connectivity index (χ0n) is 19.8. The normalized spacial score (nSPS) is 11.9. The van der Waals surface area contributed by atoms with Gasteiger partial charge >= 0.3 is 0 Å². The highest BCUT2D eigenvalue weighted by Crippen LogP contribution is 2.25. The maximum Gasteiger partial charge on any atom is 0.278 e. The third kappa shape index (κ3) is 4.12. The van der Waals surface area contributed by atoms with Crippen LogP contribution in [-0.4, -0.2) is 39.7 Å². The molecule has 4 aromatic rings. The van der Waals surface area contributed by atoms with Gasteiger partial charge in [-0.25, -0.2) is 9.36 Å². The number of nitrogens with one attached hydrogen (secondary N) is 1. The third-order valence-electron chi connectivity index (χ3n) is 5.83. The van der Waals surface area contributed by atoms with Gasteiger partial charge < -0.3 is 14.8 Å². The number of para-hydroxylation sites is 1. The summed E-state index contributed by atoms with van der Waals surface area (Å²) < 4.78 is 13.6. The molecular formula is C25H27N5O4. The number of hydrogen-bond donors (Lipinski definition) is 1. The molecule has 0 aliphatic heterocycles. The Morgan fingerprint density at radius 1 is 1.06 bits per heavy atom. The van der Waals surface area contributed by atoms with Crippen LogP contribution in [0.25, 0.3) is 16.6 Å². The molecule has 176 valence electrons. The fourth-order valence-electron chi connectivity index (χ4n) is 3.90. The molecule has 2 aromatic heterocycles. The summed E-state index contributed by atoms with van der Waals surface area (Å²) in [5.74, 6) is 0.925. The molecule has 1 N–H and O–H groups in total. The van der Waals surface area contributed by atoms with Gasteiger partial charge in [-0.2, -0.15) is 10.2 Å². The van der Waals surface area contributed by atoms with Gasteiger partial charge in [0.1, 0.15) is 23.1 Å². The van der Waals surface area contributed by atoms with Crippen LogP contribution in [0.3, 0.4) is 0 Å². The van der Waals surface area contributed by atoms with E-state index in [2.05, 4.69) is 15.5 Å². The average Bonchev–Trinajstić information content (AvgIpc) is 3.22. The molecule has 0 saturated carbocycles. The molecule has 1 amide bonds. The molecule has 0 radical (unpaired) electrons. The molecule has 9 heteroatoms. The number of aromatic nitrogens is 4. The number of nitrogens with zero attached hydrogens (tertiary/aromatic N) is 4. The minimum Gasteiger partial charge on any atom is -0.497 e. The summed E-state index contributed by atoms with van der Waals surface area (Å²) in [6, 6.07) is 14.1. The van der Waals surface area contributed by atoms with Gasteiger partial charge in [-0.15, -0.1) is 0 Å².